The number of aromatic nitrogens is 1. The minimum atomic E-state index is 0.420. The molecular formula is C16H21N3O+2. The van der Waals surface area contributed by atoms with Gasteiger partial charge in [0.2, 0.25) is 6.67 Å². The fourth-order valence-electron chi connectivity index (χ4n) is 1.42. The number of hydrogen-bond donors (Lipinski definition) is 2. The Bertz CT molecular complexity index is 501. The molecule has 1 aromatic heterocycles. The molecule has 104 valence electrons. The van der Waals surface area contributed by atoms with Gasteiger partial charge in [-0.2, -0.15) is 4.57 Å². The van der Waals surface area contributed by atoms with Gasteiger partial charge in [-0.15, -0.1) is 0 Å². The quantitative estimate of drug-likeness (QED) is 0.172. The van der Waals surface area contributed by atoms with Gasteiger partial charge in [0.05, 0.1) is 6.26 Å². The van der Waals surface area contributed by atoms with Crippen molar-refractivity contribution in [1.29, 1.82) is 0 Å². The largest absolute Gasteiger partial charge is 0.486 e. The Labute approximate surface area is 119 Å². The van der Waals surface area contributed by atoms with Gasteiger partial charge in [-0.05, 0) is 17.2 Å². The minimum Gasteiger partial charge on any atom is -0.486 e. The van der Waals surface area contributed by atoms with Crippen LogP contribution in [-0.4, -0.2) is 12.9 Å². The van der Waals surface area contributed by atoms with Gasteiger partial charge in [-0.1, -0.05) is 25.3 Å². The van der Waals surface area contributed by atoms with Crippen molar-refractivity contribution < 1.29 is 14.7 Å². The highest BCUT2D eigenvalue weighted by molar-refractivity contribution is 5.68. The first-order chi connectivity index (χ1) is 9.80. The summed E-state index contributed by atoms with van der Waals surface area (Å²) in [6, 6.07) is 4.00. The molecule has 0 aromatic carbocycles. The second-order valence-electron chi connectivity index (χ2n) is 3.93. The topological polar surface area (TPSA) is 50.7 Å². The van der Waals surface area contributed by atoms with E-state index in [1.807, 2.05) is 35.2 Å². The van der Waals surface area contributed by atoms with Crippen molar-refractivity contribution in [3.05, 3.63) is 73.3 Å². The van der Waals surface area contributed by atoms with Crippen molar-refractivity contribution >= 4 is 12.3 Å². The molecule has 0 amide bonds. The van der Waals surface area contributed by atoms with E-state index < -0.39 is 0 Å². The number of nitrogens with two attached hydrogens (primary N) is 1. The van der Waals surface area contributed by atoms with Crippen molar-refractivity contribution in [2.75, 3.05) is 6.73 Å². The van der Waals surface area contributed by atoms with Crippen molar-refractivity contribution in [2.45, 2.75) is 6.67 Å². The van der Waals surface area contributed by atoms with E-state index in [-0.39, 0.29) is 0 Å². The van der Waals surface area contributed by atoms with Crippen molar-refractivity contribution in [1.82, 2.24) is 5.32 Å². The van der Waals surface area contributed by atoms with E-state index in [0.717, 1.165) is 11.1 Å². The van der Waals surface area contributed by atoms with Crippen LogP contribution < -0.4 is 15.3 Å². The molecule has 0 aliphatic heterocycles. The second-order valence-corrected chi connectivity index (χ2v) is 3.93. The molecule has 0 aliphatic rings. The Morgan fingerprint density at radius 1 is 1.35 bits per heavy atom. The molecule has 0 saturated heterocycles. The lowest BCUT2D eigenvalue weighted by molar-refractivity contribution is -0.702. The summed E-state index contributed by atoms with van der Waals surface area (Å²) in [7, 11) is 0. The van der Waals surface area contributed by atoms with E-state index in [9.17, 15) is 0 Å². The summed E-state index contributed by atoms with van der Waals surface area (Å²) in [6.07, 6.45) is 14.1. The van der Waals surface area contributed by atoms with Crippen LogP contribution in [0.5, 0.6) is 0 Å². The van der Waals surface area contributed by atoms with E-state index in [1.165, 1.54) is 6.21 Å². The van der Waals surface area contributed by atoms with Gasteiger partial charge < -0.3 is 4.74 Å². The highest BCUT2D eigenvalue weighted by atomic mass is 16.5. The number of ether oxygens (including phenoxy) is 1. The maximum Gasteiger partial charge on any atom is 0.204 e. The summed E-state index contributed by atoms with van der Waals surface area (Å²) in [6.45, 7) is 8.48. The predicted octanol–water partition coefficient (Wildman–Crippen LogP) is 0.594. The zero-order valence-electron chi connectivity index (χ0n) is 11.5. The van der Waals surface area contributed by atoms with Crippen LogP contribution in [0.1, 0.15) is 5.56 Å². The summed E-state index contributed by atoms with van der Waals surface area (Å²) in [5.41, 5.74) is 1.99. The molecule has 20 heavy (non-hydrogen) atoms. The molecule has 0 atom stereocenters. The second kappa shape index (κ2) is 9.47. The molecule has 0 bridgehead atoms. The third-order valence-electron chi connectivity index (χ3n) is 2.51. The molecule has 4 nitrogen and oxygen atoms in total. The summed E-state index contributed by atoms with van der Waals surface area (Å²) in [5, 5.41) is 8.45. The van der Waals surface area contributed by atoms with E-state index in [4.69, 9.17) is 10.1 Å². The third-order valence-corrected chi connectivity index (χ3v) is 2.51. The van der Waals surface area contributed by atoms with Crippen molar-refractivity contribution in [3.63, 3.8) is 0 Å². The molecule has 0 spiro atoms. The molecular weight excluding hydrogens is 250 g/mol. The van der Waals surface area contributed by atoms with E-state index >= 15 is 0 Å². The summed E-state index contributed by atoms with van der Waals surface area (Å²) in [5.74, 6) is 0. The molecule has 0 fully saturated rings. The Balaban J connectivity index is 2.26. The van der Waals surface area contributed by atoms with Crippen molar-refractivity contribution in [3.8, 4) is 0 Å². The normalized spacial score (nSPS) is 11.3. The molecule has 1 heterocycles. The summed E-state index contributed by atoms with van der Waals surface area (Å²) in [4.78, 5) is 0. The van der Waals surface area contributed by atoms with Crippen LogP contribution in [0.25, 0.3) is 6.08 Å². The van der Waals surface area contributed by atoms with Crippen molar-refractivity contribution in [2.24, 2.45) is 0 Å². The lowest BCUT2D eigenvalue weighted by Gasteiger charge is -2.01. The lowest BCUT2D eigenvalue weighted by Crippen LogP contribution is -2.41. The van der Waals surface area contributed by atoms with Gasteiger partial charge in [-0.25, -0.2) is 5.32 Å². The molecule has 1 rings (SSSR count). The fourth-order valence-corrected chi connectivity index (χ4v) is 1.42. The van der Waals surface area contributed by atoms with Gasteiger partial charge in [0.1, 0.15) is 6.73 Å². The first-order valence-electron chi connectivity index (χ1n) is 6.28. The van der Waals surface area contributed by atoms with Crippen LogP contribution in [0.15, 0.2) is 67.7 Å². The number of hydrogen-bond acceptors (Lipinski definition) is 2. The fraction of sp³-hybridized carbons (Fsp3) is 0.125. The number of nitrogens with zero attached hydrogens (tertiary/aromatic N) is 1. The van der Waals surface area contributed by atoms with Gasteiger partial charge in [-0.3, -0.25) is 5.41 Å². The SMILES string of the molecule is C=CC(/C=C\OCNC[n+]1ccc(C=C)cc1)=C/C=[NH2+]. The van der Waals surface area contributed by atoms with Crippen LogP contribution >= 0.6 is 0 Å². The third kappa shape index (κ3) is 5.93. The Kier molecular flexibility index (Phi) is 7.38. The van der Waals surface area contributed by atoms with Crippen LogP contribution in [0, 0.1) is 0 Å². The first kappa shape index (κ1) is 15.6. The Hall–Kier alpha value is -2.46. The maximum atomic E-state index is 5.31. The van der Waals surface area contributed by atoms with Crippen LogP contribution in [0.2, 0.25) is 0 Å². The molecule has 0 saturated carbocycles. The van der Waals surface area contributed by atoms with Gasteiger partial charge in [0.15, 0.2) is 18.6 Å². The summed E-state index contributed by atoms with van der Waals surface area (Å²) >= 11 is 0. The minimum absolute atomic E-state index is 0.420. The molecule has 1 aromatic rings. The van der Waals surface area contributed by atoms with E-state index in [0.29, 0.717) is 13.4 Å². The first-order valence-corrected chi connectivity index (χ1v) is 6.28. The molecule has 4 heteroatoms. The smallest absolute Gasteiger partial charge is 0.204 e. The van der Waals surface area contributed by atoms with E-state index in [1.54, 1.807) is 24.5 Å². The van der Waals surface area contributed by atoms with Gasteiger partial charge in [0.25, 0.3) is 0 Å². The highest BCUT2D eigenvalue weighted by Crippen LogP contribution is 1.96. The summed E-state index contributed by atoms with van der Waals surface area (Å²) < 4.78 is 7.33. The van der Waals surface area contributed by atoms with Gasteiger partial charge in [0, 0.05) is 18.2 Å². The molecule has 3 N–H and O–H groups in total. The molecule has 0 unspecified atom stereocenters. The zero-order valence-corrected chi connectivity index (χ0v) is 11.5. The average molecular weight is 271 g/mol. The zero-order chi connectivity index (χ0) is 14.6. The molecule has 0 radical (unpaired) electrons. The Morgan fingerprint density at radius 3 is 2.70 bits per heavy atom. The standard InChI is InChI=1S/C16H20N3O/c1-3-15(5-9-17)8-12-20-14-18-13-19-10-6-16(4-2)7-11-19/h3-12,17-18H,1-2,13-14H2/q+1/p+1/b12-8-,15-5-,17-9?. The Morgan fingerprint density at radius 2 is 2.10 bits per heavy atom. The van der Waals surface area contributed by atoms with Gasteiger partial charge >= 0.3 is 0 Å². The van der Waals surface area contributed by atoms with E-state index in [2.05, 4.69) is 18.5 Å². The monoisotopic (exact) mass is 271 g/mol. The average Bonchev–Trinajstić information content (AvgIpc) is 2.50. The van der Waals surface area contributed by atoms with Crippen LogP contribution in [0.3, 0.4) is 0 Å². The number of nitrogens with one attached hydrogen (secondary N) is 1. The maximum absolute atomic E-state index is 5.31. The predicted molar refractivity (Wildman–Crippen MR) is 81.2 cm³/mol. The number of allylic oxidation sites excluding steroid dienone is 4. The highest BCUT2D eigenvalue weighted by Gasteiger charge is 1.97. The number of rotatable bonds is 9. The van der Waals surface area contributed by atoms with Crippen LogP contribution in [-0.2, 0) is 11.4 Å². The van der Waals surface area contributed by atoms with Crippen LogP contribution in [0.4, 0.5) is 0 Å². The molecule has 0 aliphatic carbocycles. The number of pyridine rings is 1. The lowest BCUT2D eigenvalue weighted by atomic mass is 10.2.